The lowest BCUT2D eigenvalue weighted by atomic mass is 9.99. The largest absolute Gasteiger partial charge is 0.368 e. The van der Waals surface area contributed by atoms with Crippen LogP contribution in [-0.2, 0) is 4.79 Å². The van der Waals surface area contributed by atoms with E-state index in [-0.39, 0.29) is 23.5 Å². The van der Waals surface area contributed by atoms with Gasteiger partial charge in [0.25, 0.3) is 0 Å². The van der Waals surface area contributed by atoms with Crippen LogP contribution < -0.4 is 11.1 Å². The fourth-order valence-electron chi connectivity index (χ4n) is 1.42. The maximum absolute atomic E-state index is 11.3. The van der Waals surface area contributed by atoms with E-state index in [9.17, 15) is 4.79 Å². The Balaban J connectivity index is 4.46. The highest BCUT2D eigenvalue weighted by molar-refractivity contribution is 5.80. The standard InChI is InChI=1S/C12H27N3O/c1-7-12(4,5)15(6)8-10(11(13)16)14-9(2)3/h9-10,14H,7-8H2,1-6H3,(H2,13,16). The SMILES string of the molecule is CCC(C)(C)N(C)CC(NC(C)C)C(N)=O. The average molecular weight is 229 g/mol. The molecule has 0 rings (SSSR count). The summed E-state index contributed by atoms with van der Waals surface area (Å²) >= 11 is 0. The summed E-state index contributed by atoms with van der Waals surface area (Å²) in [5.74, 6) is -0.285. The number of nitrogens with one attached hydrogen (secondary N) is 1. The van der Waals surface area contributed by atoms with Crippen molar-refractivity contribution in [2.75, 3.05) is 13.6 Å². The first-order chi connectivity index (χ1) is 7.20. The van der Waals surface area contributed by atoms with Crippen molar-refractivity contribution in [2.24, 2.45) is 5.73 Å². The van der Waals surface area contributed by atoms with Crippen molar-refractivity contribution < 1.29 is 4.79 Å². The molecule has 0 bridgehead atoms. The summed E-state index contributed by atoms with van der Waals surface area (Å²) in [6, 6.07) is -0.0218. The van der Waals surface area contributed by atoms with Gasteiger partial charge in [0.15, 0.2) is 0 Å². The van der Waals surface area contributed by atoms with Crippen molar-refractivity contribution in [3.05, 3.63) is 0 Å². The van der Waals surface area contributed by atoms with Crippen molar-refractivity contribution in [1.29, 1.82) is 0 Å². The summed E-state index contributed by atoms with van der Waals surface area (Å²) in [6.07, 6.45) is 1.04. The Labute approximate surface area is 99.6 Å². The van der Waals surface area contributed by atoms with E-state index in [2.05, 4.69) is 31.0 Å². The Morgan fingerprint density at radius 1 is 1.44 bits per heavy atom. The predicted octanol–water partition coefficient (Wildman–Crippen LogP) is 0.959. The van der Waals surface area contributed by atoms with Crippen LogP contribution in [0.2, 0.25) is 0 Å². The molecule has 0 aliphatic carbocycles. The number of nitrogens with two attached hydrogens (primary N) is 1. The summed E-state index contributed by atoms with van der Waals surface area (Å²) in [5, 5.41) is 3.19. The number of amides is 1. The molecule has 0 radical (unpaired) electrons. The maximum atomic E-state index is 11.3. The Kier molecular flexibility index (Phi) is 5.97. The molecule has 0 spiro atoms. The highest BCUT2D eigenvalue weighted by atomic mass is 16.1. The van der Waals surface area contributed by atoms with Gasteiger partial charge in [-0.05, 0) is 27.3 Å². The second-order valence-electron chi connectivity index (χ2n) is 5.32. The normalized spacial score (nSPS) is 14.5. The minimum absolute atomic E-state index is 0.0896. The summed E-state index contributed by atoms with van der Waals surface area (Å²) in [4.78, 5) is 13.5. The number of nitrogens with zero attached hydrogens (tertiary/aromatic N) is 1. The van der Waals surface area contributed by atoms with Crippen LogP contribution in [0.15, 0.2) is 0 Å². The Hall–Kier alpha value is -0.610. The summed E-state index contributed by atoms with van der Waals surface area (Å²) < 4.78 is 0. The molecule has 0 heterocycles. The van der Waals surface area contributed by atoms with Gasteiger partial charge >= 0.3 is 0 Å². The van der Waals surface area contributed by atoms with E-state index in [1.54, 1.807) is 0 Å². The fraction of sp³-hybridized carbons (Fsp3) is 0.917. The zero-order valence-corrected chi connectivity index (χ0v) is 11.5. The second-order valence-corrected chi connectivity index (χ2v) is 5.32. The molecule has 0 aromatic heterocycles. The molecule has 4 heteroatoms. The van der Waals surface area contributed by atoms with Gasteiger partial charge in [0.2, 0.25) is 5.91 Å². The van der Waals surface area contributed by atoms with E-state index in [1.807, 2.05) is 20.9 Å². The second kappa shape index (κ2) is 6.21. The third kappa shape index (κ3) is 4.94. The Morgan fingerprint density at radius 2 is 1.94 bits per heavy atom. The number of likely N-dealkylation sites (N-methyl/N-ethyl adjacent to an activating group) is 1. The van der Waals surface area contributed by atoms with Crippen LogP contribution in [0.5, 0.6) is 0 Å². The molecule has 0 aliphatic rings. The average Bonchev–Trinajstić information content (AvgIpc) is 2.15. The van der Waals surface area contributed by atoms with Gasteiger partial charge in [-0.1, -0.05) is 20.8 Å². The van der Waals surface area contributed by atoms with Gasteiger partial charge in [0, 0.05) is 18.1 Å². The number of hydrogen-bond donors (Lipinski definition) is 2. The van der Waals surface area contributed by atoms with E-state index in [4.69, 9.17) is 5.73 Å². The third-order valence-corrected chi connectivity index (χ3v) is 3.23. The van der Waals surface area contributed by atoms with Gasteiger partial charge in [-0.25, -0.2) is 0 Å². The number of primary amides is 1. The lowest BCUT2D eigenvalue weighted by Crippen LogP contribution is -2.54. The molecule has 16 heavy (non-hydrogen) atoms. The summed E-state index contributed by atoms with van der Waals surface area (Å²) in [5.41, 5.74) is 5.48. The van der Waals surface area contributed by atoms with Gasteiger partial charge in [0.1, 0.15) is 0 Å². The van der Waals surface area contributed by atoms with Crippen LogP contribution in [0.3, 0.4) is 0 Å². The van der Waals surface area contributed by atoms with Crippen LogP contribution in [0.4, 0.5) is 0 Å². The quantitative estimate of drug-likeness (QED) is 0.683. The Morgan fingerprint density at radius 3 is 2.25 bits per heavy atom. The highest BCUT2D eigenvalue weighted by Gasteiger charge is 2.26. The molecule has 3 N–H and O–H groups in total. The first-order valence-electron chi connectivity index (χ1n) is 5.97. The number of carbonyl (C=O) groups excluding carboxylic acids is 1. The molecule has 1 atom stereocenters. The minimum atomic E-state index is -0.285. The van der Waals surface area contributed by atoms with Crippen molar-refractivity contribution in [1.82, 2.24) is 10.2 Å². The number of hydrogen-bond acceptors (Lipinski definition) is 3. The molecule has 0 saturated heterocycles. The van der Waals surface area contributed by atoms with Crippen LogP contribution >= 0.6 is 0 Å². The predicted molar refractivity (Wildman–Crippen MR) is 68.3 cm³/mol. The van der Waals surface area contributed by atoms with Gasteiger partial charge < -0.3 is 11.1 Å². The number of rotatable bonds is 7. The van der Waals surface area contributed by atoms with Crippen molar-refractivity contribution in [2.45, 2.75) is 58.7 Å². The van der Waals surface area contributed by atoms with Gasteiger partial charge in [-0.15, -0.1) is 0 Å². The van der Waals surface area contributed by atoms with Crippen LogP contribution in [0.1, 0.15) is 41.0 Å². The lowest BCUT2D eigenvalue weighted by molar-refractivity contribution is -0.120. The fourth-order valence-corrected chi connectivity index (χ4v) is 1.42. The highest BCUT2D eigenvalue weighted by Crippen LogP contribution is 2.16. The topological polar surface area (TPSA) is 58.4 Å². The first kappa shape index (κ1) is 15.4. The van der Waals surface area contributed by atoms with Crippen molar-refractivity contribution in [3.8, 4) is 0 Å². The molecule has 0 fully saturated rings. The smallest absolute Gasteiger partial charge is 0.235 e. The minimum Gasteiger partial charge on any atom is -0.368 e. The zero-order valence-electron chi connectivity index (χ0n) is 11.5. The maximum Gasteiger partial charge on any atom is 0.235 e. The van der Waals surface area contributed by atoms with Crippen molar-refractivity contribution >= 4 is 5.91 Å². The molecule has 4 nitrogen and oxygen atoms in total. The number of carbonyl (C=O) groups is 1. The summed E-state index contributed by atoms with van der Waals surface area (Å²) in [7, 11) is 2.03. The van der Waals surface area contributed by atoms with E-state index in [0.717, 1.165) is 6.42 Å². The van der Waals surface area contributed by atoms with E-state index >= 15 is 0 Å². The molecular weight excluding hydrogens is 202 g/mol. The zero-order chi connectivity index (χ0) is 12.9. The van der Waals surface area contributed by atoms with Crippen LogP contribution in [0, 0.1) is 0 Å². The lowest BCUT2D eigenvalue weighted by Gasteiger charge is -2.37. The van der Waals surface area contributed by atoms with E-state index in [1.165, 1.54) is 0 Å². The van der Waals surface area contributed by atoms with E-state index in [0.29, 0.717) is 6.54 Å². The molecular formula is C12H27N3O. The van der Waals surface area contributed by atoms with Crippen LogP contribution in [0.25, 0.3) is 0 Å². The molecule has 0 aliphatic heterocycles. The molecule has 0 aromatic carbocycles. The van der Waals surface area contributed by atoms with Gasteiger partial charge in [0.05, 0.1) is 6.04 Å². The molecule has 0 saturated carbocycles. The molecule has 1 amide bonds. The molecule has 0 aromatic rings. The monoisotopic (exact) mass is 229 g/mol. The van der Waals surface area contributed by atoms with E-state index < -0.39 is 0 Å². The van der Waals surface area contributed by atoms with Gasteiger partial charge in [-0.2, -0.15) is 0 Å². The summed E-state index contributed by atoms with van der Waals surface area (Å²) in [6.45, 7) is 11.2. The third-order valence-electron chi connectivity index (χ3n) is 3.23. The Bertz CT molecular complexity index is 226. The van der Waals surface area contributed by atoms with Gasteiger partial charge in [-0.3, -0.25) is 9.69 Å². The van der Waals surface area contributed by atoms with Crippen molar-refractivity contribution in [3.63, 3.8) is 0 Å². The first-order valence-corrected chi connectivity index (χ1v) is 5.97. The molecule has 96 valence electrons. The molecule has 1 unspecified atom stereocenters. The van der Waals surface area contributed by atoms with Crippen LogP contribution in [-0.4, -0.2) is 42.0 Å².